The summed E-state index contributed by atoms with van der Waals surface area (Å²) in [6, 6.07) is 9.11. The average molecular weight is 345 g/mol. The summed E-state index contributed by atoms with van der Waals surface area (Å²) in [4.78, 5) is 0. The van der Waals surface area contributed by atoms with Crippen LogP contribution in [0, 0.1) is 5.82 Å². The summed E-state index contributed by atoms with van der Waals surface area (Å²) in [5.74, 6) is 0.217. The highest BCUT2D eigenvalue weighted by Gasteiger charge is 2.18. The summed E-state index contributed by atoms with van der Waals surface area (Å²) in [5, 5.41) is 0.529. The zero-order valence-electron chi connectivity index (χ0n) is 10.2. The van der Waals surface area contributed by atoms with Crippen LogP contribution in [0.4, 0.5) is 4.39 Å². The first-order valence-corrected chi connectivity index (χ1v) is 6.74. The van der Waals surface area contributed by atoms with Crippen molar-refractivity contribution in [1.82, 2.24) is 0 Å². The third-order valence-corrected chi connectivity index (χ3v) is 3.55. The summed E-state index contributed by atoms with van der Waals surface area (Å²) in [5.41, 5.74) is 7.16. The molecule has 0 radical (unpaired) electrons. The van der Waals surface area contributed by atoms with E-state index in [4.69, 9.17) is 22.1 Å². The maximum atomic E-state index is 13.9. The molecule has 0 fully saturated rings. The van der Waals surface area contributed by atoms with Crippen LogP contribution in [0.15, 0.2) is 40.9 Å². The largest absolute Gasteiger partial charge is 0.496 e. The van der Waals surface area contributed by atoms with Crippen molar-refractivity contribution in [1.29, 1.82) is 0 Å². The zero-order valence-corrected chi connectivity index (χ0v) is 12.5. The number of hydrogen-bond donors (Lipinski definition) is 1. The van der Waals surface area contributed by atoms with Crippen LogP contribution < -0.4 is 10.5 Å². The number of rotatable bonds is 3. The van der Waals surface area contributed by atoms with E-state index in [1.807, 2.05) is 0 Å². The Morgan fingerprint density at radius 2 is 1.95 bits per heavy atom. The van der Waals surface area contributed by atoms with Crippen molar-refractivity contribution >= 4 is 27.5 Å². The summed E-state index contributed by atoms with van der Waals surface area (Å²) in [7, 11) is 1.54. The lowest BCUT2D eigenvalue weighted by Gasteiger charge is -2.17. The normalized spacial score (nSPS) is 12.3. The molecule has 2 N–H and O–H groups in total. The average Bonchev–Trinajstić information content (AvgIpc) is 2.40. The van der Waals surface area contributed by atoms with Crippen LogP contribution in [0.1, 0.15) is 17.2 Å². The number of nitrogens with two attached hydrogens (primary N) is 1. The van der Waals surface area contributed by atoms with Gasteiger partial charge in [0.25, 0.3) is 0 Å². The molecule has 0 aliphatic heterocycles. The molecule has 2 nitrogen and oxygen atoms in total. The smallest absolute Gasteiger partial charge is 0.128 e. The molecule has 0 saturated carbocycles. The minimum atomic E-state index is -0.647. The molecule has 100 valence electrons. The van der Waals surface area contributed by atoms with E-state index in [9.17, 15) is 4.39 Å². The lowest BCUT2D eigenvalue weighted by Crippen LogP contribution is -2.14. The van der Waals surface area contributed by atoms with Gasteiger partial charge in [0.15, 0.2) is 0 Å². The van der Waals surface area contributed by atoms with E-state index in [2.05, 4.69) is 15.9 Å². The second kappa shape index (κ2) is 5.90. The van der Waals surface area contributed by atoms with E-state index in [0.717, 1.165) is 4.47 Å². The molecule has 1 atom stereocenters. The monoisotopic (exact) mass is 343 g/mol. The number of hydrogen-bond acceptors (Lipinski definition) is 2. The van der Waals surface area contributed by atoms with Crippen molar-refractivity contribution in [2.24, 2.45) is 5.73 Å². The fourth-order valence-corrected chi connectivity index (χ4v) is 2.43. The van der Waals surface area contributed by atoms with Crippen LogP contribution in [0.25, 0.3) is 0 Å². The number of ether oxygens (including phenoxy) is 1. The molecule has 0 spiro atoms. The van der Waals surface area contributed by atoms with Crippen LogP contribution in [0.3, 0.4) is 0 Å². The van der Waals surface area contributed by atoms with E-state index in [0.29, 0.717) is 21.9 Å². The second-order valence-electron chi connectivity index (χ2n) is 4.03. The Morgan fingerprint density at radius 3 is 2.63 bits per heavy atom. The molecule has 0 amide bonds. The van der Waals surface area contributed by atoms with Gasteiger partial charge in [-0.3, -0.25) is 0 Å². The van der Waals surface area contributed by atoms with Gasteiger partial charge in [0.1, 0.15) is 11.6 Å². The van der Waals surface area contributed by atoms with Crippen LogP contribution in [0.2, 0.25) is 5.02 Å². The van der Waals surface area contributed by atoms with Crippen LogP contribution >= 0.6 is 27.5 Å². The van der Waals surface area contributed by atoms with Gasteiger partial charge < -0.3 is 10.5 Å². The van der Waals surface area contributed by atoms with Gasteiger partial charge >= 0.3 is 0 Å². The molecular formula is C14H12BrClFNO. The summed E-state index contributed by atoms with van der Waals surface area (Å²) < 4.78 is 19.9. The lowest BCUT2D eigenvalue weighted by molar-refractivity contribution is 0.407. The van der Waals surface area contributed by atoms with E-state index < -0.39 is 6.04 Å². The van der Waals surface area contributed by atoms with Crippen molar-refractivity contribution in [3.05, 3.63) is 62.8 Å². The first-order chi connectivity index (χ1) is 9.02. The highest BCUT2D eigenvalue weighted by molar-refractivity contribution is 9.10. The van der Waals surface area contributed by atoms with Gasteiger partial charge in [0.2, 0.25) is 0 Å². The van der Waals surface area contributed by atoms with Gasteiger partial charge in [-0.2, -0.15) is 0 Å². The minimum absolute atomic E-state index is 0.363. The molecule has 19 heavy (non-hydrogen) atoms. The van der Waals surface area contributed by atoms with E-state index in [1.165, 1.54) is 13.2 Å². The Kier molecular flexibility index (Phi) is 4.45. The number of benzene rings is 2. The van der Waals surface area contributed by atoms with Crippen molar-refractivity contribution in [2.75, 3.05) is 7.11 Å². The van der Waals surface area contributed by atoms with Crippen molar-refractivity contribution in [3.8, 4) is 5.75 Å². The van der Waals surface area contributed by atoms with Gasteiger partial charge in [-0.15, -0.1) is 0 Å². The Labute approximate surface area is 124 Å². The highest BCUT2D eigenvalue weighted by atomic mass is 79.9. The summed E-state index contributed by atoms with van der Waals surface area (Å²) in [6.45, 7) is 0. The van der Waals surface area contributed by atoms with E-state index >= 15 is 0 Å². The fraction of sp³-hybridized carbons (Fsp3) is 0.143. The molecular weight excluding hydrogens is 333 g/mol. The Bertz CT molecular complexity index is 606. The number of methoxy groups -OCH3 is 1. The van der Waals surface area contributed by atoms with Crippen LogP contribution in [-0.4, -0.2) is 7.11 Å². The molecule has 2 aromatic carbocycles. The Hall–Kier alpha value is -1.10. The fourth-order valence-electron chi connectivity index (χ4n) is 1.87. The van der Waals surface area contributed by atoms with Crippen molar-refractivity contribution in [2.45, 2.75) is 6.04 Å². The SMILES string of the molecule is COc1ccc(Cl)cc1C(N)c1cc(Br)ccc1F. The third kappa shape index (κ3) is 3.08. The molecule has 1 unspecified atom stereocenters. The first-order valence-electron chi connectivity index (χ1n) is 5.57. The summed E-state index contributed by atoms with van der Waals surface area (Å²) in [6.07, 6.45) is 0. The number of halogens is 3. The van der Waals surface area contributed by atoms with Crippen molar-refractivity contribution < 1.29 is 9.13 Å². The van der Waals surface area contributed by atoms with Gasteiger partial charge in [-0.05, 0) is 36.4 Å². The Balaban J connectivity index is 2.51. The quantitative estimate of drug-likeness (QED) is 0.901. The van der Waals surface area contributed by atoms with Gasteiger partial charge in [-0.25, -0.2) is 4.39 Å². The highest BCUT2D eigenvalue weighted by Crippen LogP contribution is 2.32. The topological polar surface area (TPSA) is 35.2 Å². The predicted molar refractivity (Wildman–Crippen MR) is 78.1 cm³/mol. The van der Waals surface area contributed by atoms with Crippen molar-refractivity contribution in [3.63, 3.8) is 0 Å². The lowest BCUT2D eigenvalue weighted by atomic mass is 9.98. The van der Waals surface area contributed by atoms with Gasteiger partial charge in [0, 0.05) is 20.6 Å². The maximum absolute atomic E-state index is 13.9. The molecule has 2 aromatic rings. The molecule has 0 heterocycles. The standard InChI is InChI=1S/C14H12BrClFNO/c1-19-13-5-3-9(16)7-11(13)14(18)10-6-8(15)2-4-12(10)17/h2-7,14H,18H2,1H3. The molecule has 5 heteroatoms. The molecule has 0 aliphatic rings. The Morgan fingerprint density at radius 1 is 1.21 bits per heavy atom. The van der Waals surface area contributed by atoms with Gasteiger partial charge in [-0.1, -0.05) is 27.5 Å². The van der Waals surface area contributed by atoms with Crippen LogP contribution in [0.5, 0.6) is 5.75 Å². The predicted octanol–water partition coefficient (Wildman–Crippen LogP) is 4.30. The van der Waals surface area contributed by atoms with Crippen LogP contribution in [-0.2, 0) is 0 Å². The minimum Gasteiger partial charge on any atom is -0.496 e. The first kappa shape index (κ1) is 14.3. The van der Waals surface area contributed by atoms with Gasteiger partial charge in [0.05, 0.1) is 13.2 Å². The molecule has 0 aliphatic carbocycles. The second-order valence-corrected chi connectivity index (χ2v) is 5.38. The molecule has 0 bridgehead atoms. The molecule has 0 saturated heterocycles. The summed E-state index contributed by atoms with van der Waals surface area (Å²) >= 11 is 9.27. The van der Waals surface area contributed by atoms with E-state index in [-0.39, 0.29) is 5.82 Å². The third-order valence-electron chi connectivity index (χ3n) is 2.82. The molecule has 2 rings (SSSR count). The van der Waals surface area contributed by atoms with E-state index in [1.54, 1.807) is 30.3 Å². The maximum Gasteiger partial charge on any atom is 0.128 e. The molecule has 0 aromatic heterocycles. The zero-order chi connectivity index (χ0) is 14.0.